The molecular formula is C58H43NO14S9. The molecule has 0 bridgehead atoms. The molecule has 5 heterocycles. The van der Waals surface area contributed by atoms with Gasteiger partial charge in [-0.3, -0.25) is 4.55 Å². The van der Waals surface area contributed by atoms with Gasteiger partial charge in [-0.2, -0.15) is 0 Å². The first-order chi connectivity index (χ1) is 39.5. The highest BCUT2D eigenvalue weighted by atomic mass is 32.2. The van der Waals surface area contributed by atoms with Gasteiger partial charge in [0.25, 0.3) is 0 Å². The molecule has 0 aliphatic rings. The molecule has 5 aromatic heterocycles. The normalized spacial score (nSPS) is 13.3. The van der Waals surface area contributed by atoms with Gasteiger partial charge in [-0.15, -0.1) is 34.0 Å². The van der Waals surface area contributed by atoms with Gasteiger partial charge in [0, 0.05) is 52.5 Å². The van der Waals surface area contributed by atoms with Crippen LogP contribution in [0.3, 0.4) is 0 Å². The lowest BCUT2D eigenvalue weighted by Gasteiger charge is -2.04. The summed E-state index contributed by atoms with van der Waals surface area (Å²) in [6, 6.07) is 63.0. The number of thiazole rings is 1. The molecule has 0 saturated carbocycles. The summed E-state index contributed by atoms with van der Waals surface area (Å²) < 4.78 is 134. The lowest BCUT2D eigenvalue weighted by molar-refractivity contribution is 0.469. The molecule has 0 saturated heterocycles. The van der Waals surface area contributed by atoms with E-state index < -0.39 is 66.5 Å². The smallest absolute Gasteiger partial charge is 0.223 e. The van der Waals surface area contributed by atoms with Crippen molar-refractivity contribution in [3.8, 4) is 0 Å². The van der Waals surface area contributed by atoms with Crippen LogP contribution < -0.4 is 0 Å². The molecule has 24 heteroatoms. The summed E-state index contributed by atoms with van der Waals surface area (Å²) in [5.74, 6) is 0. The van der Waals surface area contributed by atoms with Crippen LogP contribution in [0.1, 0.15) is 5.56 Å². The van der Waals surface area contributed by atoms with Crippen LogP contribution in [-0.4, -0.2) is 57.6 Å². The second kappa shape index (κ2) is 27.6. The Morgan fingerprint density at radius 3 is 1.55 bits per heavy atom. The van der Waals surface area contributed by atoms with Crippen molar-refractivity contribution in [3.63, 3.8) is 0 Å². The SMILES string of the molecule is Cc1ccc(S(=O)O)c2ccccc12.O=S(O)c1cc2ccccc2o1.O=S(O)c1cc2ccccc2s1.O=S(O)c1ccc2oc3ccccc3c2c1.O=S(O)c1ccc2sc3ccccc3c2c1.O=S(O)c1nc2ccccc2s1. The van der Waals surface area contributed by atoms with Gasteiger partial charge >= 0.3 is 0 Å². The molecule has 14 rings (SSSR count). The van der Waals surface area contributed by atoms with Gasteiger partial charge in [0.05, 0.1) is 24.9 Å². The summed E-state index contributed by atoms with van der Waals surface area (Å²) in [5.41, 5.74) is 4.05. The molecule has 0 amide bonds. The quantitative estimate of drug-likeness (QED) is 0.0846. The van der Waals surface area contributed by atoms with Gasteiger partial charge in [0.2, 0.25) is 31.6 Å². The molecule has 6 unspecified atom stereocenters. The van der Waals surface area contributed by atoms with Crippen molar-refractivity contribution in [1.82, 2.24) is 4.98 Å². The number of furan rings is 2. The Kier molecular flexibility index (Phi) is 20.2. The van der Waals surface area contributed by atoms with Crippen molar-refractivity contribution in [1.29, 1.82) is 0 Å². The maximum absolute atomic E-state index is 11.0. The Labute approximate surface area is 494 Å². The van der Waals surface area contributed by atoms with Gasteiger partial charge < -0.3 is 31.6 Å². The van der Waals surface area contributed by atoms with Crippen molar-refractivity contribution in [2.75, 3.05) is 0 Å². The summed E-state index contributed by atoms with van der Waals surface area (Å²) in [6.07, 6.45) is 0. The number of hydrogen-bond acceptors (Lipinski definition) is 12. The molecule has 6 atom stereocenters. The summed E-state index contributed by atoms with van der Waals surface area (Å²) in [6.45, 7) is 1.99. The van der Waals surface area contributed by atoms with E-state index in [4.69, 9.17) is 36.2 Å². The number of fused-ring (bicyclic) bond motifs is 10. The number of aryl methyl sites for hydroxylation is 1. The third kappa shape index (κ3) is 14.6. The van der Waals surface area contributed by atoms with Crippen LogP contribution in [0.15, 0.2) is 243 Å². The first-order valence-corrected chi connectivity index (χ1v) is 32.9. The van der Waals surface area contributed by atoms with E-state index in [0.717, 1.165) is 79.4 Å². The number of hydrogen-bond donors (Lipinski definition) is 6. The van der Waals surface area contributed by atoms with E-state index in [0.29, 0.717) is 24.5 Å². The first-order valence-electron chi connectivity index (χ1n) is 23.8. The second-order valence-electron chi connectivity index (χ2n) is 17.1. The number of rotatable bonds is 6. The number of aromatic nitrogens is 1. The van der Waals surface area contributed by atoms with Crippen molar-refractivity contribution in [2.24, 2.45) is 0 Å². The molecule has 6 N–H and O–H groups in total. The van der Waals surface area contributed by atoms with E-state index >= 15 is 0 Å². The fourth-order valence-electron chi connectivity index (χ4n) is 8.21. The molecule has 0 radical (unpaired) electrons. The highest BCUT2D eigenvalue weighted by molar-refractivity contribution is 7.82. The number of nitrogens with zero attached hydrogens (tertiary/aromatic N) is 1. The Bertz CT molecular complexity index is 4320. The molecule has 82 heavy (non-hydrogen) atoms. The van der Waals surface area contributed by atoms with E-state index in [1.54, 1.807) is 65.9 Å². The zero-order valence-corrected chi connectivity index (χ0v) is 49.5. The van der Waals surface area contributed by atoms with Gasteiger partial charge in [0.15, 0.2) is 44.3 Å². The van der Waals surface area contributed by atoms with Crippen LogP contribution in [0, 0.1) is 6.92 Å². The van der Waals surface area contributed by atoms with Crippen LogP contribution in [0.25, 0.3) is 84.2 Å². The molecule has 14 aromatic rings. The lowest BCUT2D eigenvalue weighted by atomic mass is 10.1. The highest BCUT2D eigenvalue weighted by Crippen LogP contribution is 2.35. The molecule has 0 aliphatic carbocycles. The van der Waals surface area contributed by atoms with Crippen molar-refractivity contribution < 1.29 is 61.4 Å². The van der Waals surface area contributed by atoms with E-state index in [9.17, 15) is 25.3 Å². The maximum atomic E-state index is 11.0. The van der Waals surface area contributed by atoms with Crippen molar-refractivity contribution in [3.05, 3.63) is 212 Å². The fourth-order valence-corrected chi connectivity index (χ4v) is 14.1. The minimum absolute atomic E-state index is 0.0937. The van der Waals surface area contributed by atoms with Crippen LogP contribution in [0.5, 0.6) is 0 Å². The fraction of sp³-hybridized carbons (Fsp3) is 0.0172. The molecule has 9 aromatic carbocycles. The van der Waals surface area contributed by atoms with Crippen LogP contribution in [0.4, 0.5) is 0 Å². The monoisotopic (exact) mass is 1270 g/mol. The summed E-state index contributed by atoms with van der Waals surface area (Å²) in [5, 5.41) is 7.89. The van der Waals surface area contributed by atoms with Gasteiger partial charge in [-0.05, 0) is 108 Å². The Balaban J connectivity index is 0.000000119. The zero-order chi connectivity index (χ0) is 58.0. The largest absolute Gasteiger partial charge is 0.456 e. The number of benzene rings is 9. The van der Waals surface area contributed by atoms with Crippen LogP contribution >= 0.6 is 34.0 Å². The summed E-state index contributed by atoms with van der Waals surface area (Å²) >= 11 is -7.30. The van der Waals surface area contributed by atoms with Gasteiger partial charge in [-0.25, -0.2) is 30.2 Å². The highest BCUT2D eigenvalue weighted by Gasteiger charge is 2.12. The Morgan fingerprint density at radius 2 is 0.915 bits per heavy atom. The second-order valence-corrected chi connectivity index (χ2v) is 26.4. The Morgan fingerprint density at radius 1 is 0.366 bits per heavy atom. The minimum atomic E-state index is -2.03. The molecule has 418 valence electrons. The topological polar surface area (TPSA) is 263 Å². The maximum Gasteiger partial charge on any atom is 0.223 e. The van der Waals surface area contributed by atoms with Crippen LogP contribution in [0.2, 0.25) is 0 Å². The molecule has 0 spiro atoms. The molecule has 0 aliphatic heterocycles. The summed E-state index contributed by atoms with van der Waals surface area (Å²) in [7, 11) is 0. The Hall–Kier alpha value is -6.69. The van der Waals surface area contributed by atoms with E-state index in [1.807, 2.05) is 153 Å². The average molecular weight is 1270 g/mol. The summed E-state index contributed by atoms with van der Waals surface area (Å²) in [4.78, 5) is 5.30. The molecular weight excluding hydrogens is 1220 g/mol. The third-order valence-electron chi connectivity index (χ3n) is 12.0. The standard InChI is InChI=1S/C12H8O3S.C12H8O2S2.C11H10O2S.C8H6O3S.C8H6O2S2.C7H5NO2S2/c2*13-16(14)8-5-6-12-10(7-8)9-3-1-2-4-11(9)15-12;1-8-6-7-11(14(12)13)10-5-3-2-4-9(8)10;2*9-12(10)8-5-6-3-1-2-4-7(6)11-8;9-12(10)7-8-5-3-1-2-4-6(5)11-7/h2*1-7H,(H,13,14);2-7H,1H3,(H,12,13);2*1-5H,(H,9,10);1-4H,(H,9,10). The average Bonchev–Trinajstić information content (AvgIpc) is 4.36. The van der Waals surface area contributed by atoms with E-state index in [2.05, 4.69) is 11.1 Å². The predicted octanol–water partition coefficient (Wildman–Crippen LogP) is 15.9. The lowest BCUT2D eigenvalue weighted by Crippen LogP contribution is -1.91. The van der Waals surface area contributed by atoms with E-state index in [-0.39, 0.29) is 9.43 Å². The van der Waals surface area contributed by atoms with E-state index in [1.165, 1.54) is 27.4 Å². The van der Waals surface area contributed by atoms with Gasteiger partial charge in [-0.1, -0.05) is 115 Å². The van der Waals surface area contributed by atoms with Crippen molar-refractivity contribution >= 4 is 185 Å². The third-order valence-corrected chi connectivity index (χ3v) is 19.7. The zero-order valence-electron chi connectivity index (χ0n) is 42.2. The van der Waals surface area contributed by atoms with Crippen molar-refractivity contribution in [2.45, 2.75) is 35.3 Å². The predicted molar refractivity (Wildman–Crippen MR) is 334 cm³/mol. The first kappa shape index (κ1) is 59.9. The molecule has 0 fully saturated rings. The number of para-hydroxylation sites is 3. The van der Waals surface area contributed by atoms with Gasteiger partial charge in [0.1, 0.15) is 21.0 Å². The number of thiophene rings is 2. The molecule has 15 nitrogen and oxygen atoms in total. The van der Waals surface area contributed by atoms with Crippen LogP contribution in [-0.2, 0) is 66.5 Å². The minimum Gasteiger partial charge on any atom is -0.456 e.